The minimum atomic E-state index is 0.472. The van der Waals surface area contributed by atoms with Crippen molar-refractivity contribution < 1.29 is 0 Å². The van der Waals surface area contributed by atoms with Crippen molar-refractivity contribution in [1.82, 2.24) is 0 Å². The van der Waals surface area contributed by atoms with Gasteiger partial charge in [0, 0.05) is 6.54 Å². The quantitative estimate of drug-likeness (QED) is 0.708. The minimum Gasteiger partial charge on any atom is -0.380 e. The van der Waals surface area contributed by atoms with Crippen molar-refractivity contribution in [2.75, 3.05) is 5.32 Å². The summed E-state index contributed by atoms with van der Waals surface area (Å²) in [7, 11) is 0. The van der Waals surface area contributed by atoms with Crippen LogP contribution in [-0.4, -0.2) is 0 Å². The van der Waals surface area contributed by atoms with Gasteiger partial charge in [-0.15, -0.1) is 0 Å². The summed E-state index contributed by atoms with van der Waals surface area (Å²) in [5.74, 6) is 0. The molecule has 0 radical (unpaired) electrons. The molecule has 1 aliphatic carbocycles. The number of nitrogens with one attached hydrogen (secondary N) is 1. The summed E-state index contributed by atoms with van der Waals surface area (Å²) < 4.78 is 0. The highest BCUT2D eigenvalue weighted by atomic mass is 35.5. The van der Waals surface area contributed by atoms with Crippen LogP contribution in [0.5, 0.6) is 0 Å². The lowest BCUT2D eigenvalue weighted by molar-refractivity contribution is 0.911. The molecule has 2 aromatic rings. The van der Waals surface area contributed by atoms with Crippen LogP contribution in [0, 0.1) is 0 Å². The van der Waals surface area contributed by atoms with E-state index < -0.39 is 0 Å². The van der Waals surface area contributed by atoms with E-state index >= 15 is 0 Å². The van der Waals surface area contributed by atoms with E-state index in [1.165, 1.54) is 36.0 Å². The summed E-state index contributed by atoms with van der Waals surface area (Å²) in [5.41, 5.74) is 5.03. The molecule has 1 nitrogen and oxygen atoms in total. The van der Waals surface area contributed by atoms with Crippen molar-refractivity contribution in [1.29, 1.82) is 0 Å². The Kier molecular flexibility index (Phi) is 4.11. The highest BCUT2D eigenvalue weighted by Gasteiger charge is 2.11. The Bertz CT molecular complexity index is 652. The van der Waals surface area contributed by atoms with Crippen LogP contribution >= 0.6 is 34.8 Å². The van der Waals surface area contributed by atoms with E-state index in [1.54, 1.807) is 12.1 Å². The highest BCUT2D eigenvalue weighted by molar-refractivity contribution is 6.44. The first kappa shape index (κ1) is 14.1. The van der Waals surface area contributed by atoms with Crippen LogP contribution in [0.4, 0.5) is 5.69 Å². The van der Waals surface area contributed by atoms with Crippen LogP contribution in [0.3, 0.4) is 0 Å². The van der Waals surface area contributed by atoms with Gasteiger partial charge in [0.25, 0.3) is 0 Å². The summed E-state index contributed by atoms with van der Waals surface area (Å²) in [5, 5.41) is 4.88. The van der Waals surface area contributed by atoms with Gasteiger partial charge in [-0.25, -0.2) is 0 Å². The highest BCUT2D eigenvalue weighted by Crippen LogP contribution is 2.32. The monoisotopic (exact) mass is 325 g/mol. The number of anilines is 1. The summed E-state index contributed by atoms with van der Waals surface area (Å²) in [6.07, 6.45) is 3.67. The Hall–Kier alpha value is -0.890. The van der Waals surface area contributed by atoms with Crippen LogP contribution < -0.4 is 5.32 Å². The molecule has 20 heavy (non-hydrogen) atoms. The third kappa shape index (κ3) is 2.90. The van der Waals surface area contributed by atoms with Crippen LogP contribution in [0.1, 0.15) is 23.1 Å². The number of hydrogen-bond acceptors (Lipinski definition) is 1. The average Bonchev–Trinajstić information content (AvgIpc) is 2.89. The predicted molar refractivity (Wildman–Crippen MR) is 87.3 cm³/mol. The molecule has 3 rings (SSSR count). The van der Waals surface area contributed by atoms with Gasteiger partial charge in [0.05, 0.1) is 20.8 Å². The lowest BCUT2D eigenvalue weighted by atomic mass is 10.1. The minimum absolute atomic E-state index is 0.472. The number of aryl methyl sites for hydroxylation is 2. The molecule has 0 heterocycles. The number of fused-ring (bicyclic) bond motifs is 1. The lowest BCUT2D eigenvalue weighted by Crippen LogP contribution is -2.01. The molecule has 0 amide bonds. The van der Waals surface area contributed by atoms with Gasteiger partial charge in [-0.1, -0.05) is 53.0 Å². The van der Waals surface area contributed by atoms with Crippen molar-refractivity contribution in [2.45, 2.75) is 25.8 Å². The van der Waals surface area contributed by atoms with Gasteiger partial charge >= 0.3 is 0 Å². The van der Waals surface area contributed by atoms with Gasteiger partial charge < -0.3 is 5.32 Å². The second-order valence-electron chi connectivity index (χ2n) is 5.06. The lowest BCUT2D eigenvalue weighted by Gasteiger charge is -2.11. The van der Waals surface area contributed by atoms with Crippen molar-refractivity contribution >= 4 is 40.5 Å². The first-order valence-electron chi connectivity index (χ1n) is 6.62. The molecular weight excluding hydrogens is 313 g/mol. The topological polar surface area (TPSA) is 12.0 Å². The maximum atomic E-state index is 6.16. The SMILES string of the molecule is Clc1cc(Cl)c(NCc2ccc3c(c2)CCC3)cc1Cl. The van der Waals surface area contributed by atoms with E-state index in [1.807, 2.05) is 0 Å². The zero-order valence-corrected chi connectivity index (χ0v) is 13.1. The van der Waals surface area contributed by atoms with Gasteiger partial charge in [0.1, 0.15) is 0 Å². The van der Waals surface area contributed by atoms with Gasteiger partial charge in [0.15, 0.2) is 0 Å². The maximum absolute atomic E-state index is 6.16. The second kappa shape index (κ2) is 5.85. The van der Waals surface area contributed by atoms with Crippen LogP contribution in [0.15, 0.2) is 30.3 Å². The molecule has 0 saturated carbocycles. The van der Waals surface area contributed by atoms with E-state index in [4.69, 9.17) is 34.8 Å². The number of hydrogen-bond donors (Lipinski definition) is 1. The van der Waals surface area contributed by atoms with Crippen molar-refractivity contribution in [3.63, 3.8) is 0 Å². The maximum Gasteiger partial charge on any atom is 0.0653 e. The van der Waals surface area contributed by atoms with Crippen LogP contribution in [0.25, 0.3) is 0 Å². The fraction of sp³-hybridized carbons (Fsp3) is 0.250. The Morgan fingerprint density at radius 3 is 2.45 bits per heavy atom. The van der Waals surface area contributed by atoms with Gasteiger partial charge in [0.2, 0.25) is 0 Å². The van der Waals surface area contributed by atoms with Crippen molar-refractivity contribution in [3.8, 4) is 0 Å². The molecule has 0 unspecified atom stereocenters. The summed E-state index contributed by atoms with van der Waals surface area (Å²) >= 11 is 18.1. The Balaban J connectivity index is 1.75. The van der Waals surface area contributed by atoms with Crippen LogP contribution in [0.2, 0.25) is 15.1 Å². The fourth-order valence-electron chi connectivity index (χ4n) is 2.59. The van der Waals surface area contributed by atoms with Crippen molar-refractivity contribution in [2.24, 2.45) is 0 Å². The van der Waals surface area contributed by atoms with Crippen molar-refractivity contribution in [3.05, 3.63) is 62.1 Å². The molecule has 0 spiro atoms. The smallest absolute Gasteiger partial charge is 0.0653 e. The third-order valence-electron chi connectivity index (χ3n) is 3.66. The number of rotatable bonds is 3. The van der Waals surface area contributed by atoms with Crippen LogP contribution in [-0.2, 0) is 19.4 Å². The Morgan fingerprint density at radius 1 is 0.850 bits per heavy atom. The van der Waals surface area contributed by atoms with E-state index in [9.17, 15) is 0 Å². The molecule has 1 aliphatic rings. The van der Waals surface area contributed by atoms with E-state index in [0.717, 1.165) is 12.2 Å². The normalized spacial score (nSPS) is 13.3. The predicted octanol–water partition coefficient (Wildman–Crippen LogP) is 5.75. The summed E-state index contributed by atoms with van der Waals surface area (Å²) in [4.78, 5) is 0. The molecule has 0 aliphatic heterocycles. The standard InChI is InChI=1S/C16H14Cl3N/c17-13-7-15(19)16(8-14(13)18)20-9-10-4-5-11-2-1-3-12(11)6-10/h4-8,20H,1-3,9H2. The average molecular weight is 327 g/mol. The zero-order chi connectivity index (χ0) is 14.1. The molecule has 0 bridgehead atoms. The first-order valence-corrected chi connectivity index (χ1v) is 7.76. The molecule has 1 N–H and O–H groups in total. The van der Waals surface area contributed by atoms with E-state index in [0.29, 0.717) is 15.1 Å². The second-order valence-corrected chi connectivity index (χ2v) is 6.28. The molecule has 0 saturated heterocycles. The molecule has 0 fully saturated rings. The molecule has 4 heteroatoms. The van der Waals surface area contributed by atoms with E-state index in [2.05, 4.69) is 23.5 Å². The van der Waals surface area contributed by atoms with Gasteiger partial charge in [-0.05, 0) is 48.1 Å². The third-order valence-corrected chi connectivity index (χ3v) is 4.69. The Morgan fingerprint density at radius 2 is 1.60 bits per heavy atom. The summed E-state index contributed by atoms with van der Waals surface area (Å²) in [6.45, 7) is 0.727. The zero-order valence-electron chi connectivity index (χ0n) is 10.8. The fourth-order valence-corrected chi connectivity index (χ4v) is 3.20. The number of halogens is 3. The van der Waals surface area contributed by atoms with Gasteiger partial charge in [-0.2, -0.15) is 0 Å². The molecular formula is C16H14Cl3N. The van der Waals surface area contributed by atoms with E-state index in [-0.39, 0.29) is 0 Å². The number of benzene rings is 2. The molecule has 0 atom stereocenters. The molecule has 2 aromatic carbocycles. The molecule has 0 aromatic heterocycles. The largest absolute Gasteiger partial charge is 0.380 e. The van der Waals surface area contributed by atoms with Gasteiger partial charge in [-0.3, -0.25) is 0 Å². The first-order chi connectivity index (χ1) is 9.63. The molecule has 104 valence electrons. The Labute approximate surface area is 133 Å². The summed E-state index contributed by atoms with van der Waals surface area (Å²) in [6, 6.07) is 10.1.